The third kappa shape index (κ3) is 11.2. The van der Waals surface area contributed by atoms with Gasteiger partial charge in [0.1, 0.15) is 23.0 Å². The third-order valence-corrected chi connectivity index (χ3v) is 8.83. The molecule has 0 fully saturated rings. The molecular weight excluding hydrogens is 683 g/mol. The number of nitrogens with one attached hydrogen (secondary N) is 2. The molecule has 0 bridgehead atoms. The van der Waals surface area contributed by atoms with Gasteiger partial charge in [-0.05, 0) is 120 Å². The Hall–Kier alpha value is -6.16. The van der Waals surface area contributed by atoms with Gasteiger partial charge in [0.05, 0.1) is 41.8 Å². The Bertz CT molecular complexity index is 2200. The fourth-order valence-corrected chi connectivity index (χ4v) is 6.42. The van der Waals surface area contributed by atoms with Crippen LogP contribution in [0.3, 0.4) is 0 Å². The Morgan fingerprint density at radius 3 is 1.18 bits per heavy atom. The minimum atomic E-state index is -0.160. The molecule has 0 saturated carbocycles. The highest BCUT2D eigenvalue weighted by Crippen LogP contribution is 2.30. The minimum absolute atomic E-state index is 0.148. The van der Waals surface area contributed by atoms with Crippen molar-refractivity contribution in [3.05, 3.63) is 168 Å². The van der Waals surface area contributed by atoms with Gasteiger partial charge in [-0.1, -0.05) is 55.5 Å². The lowest BCUT2D eigenvalue weighted by Gasteiger charge is -2.32. The van der Waals surface area contributed by atoms with Crippen LogP contribution in [-0.4, -0.2) is 63.4 Å². The van der Waals surface area contributed by atoms with Gasteiger partial charge in [0, 0.05) is 28.1 Å². The van der Waals surface area contributed by atoms with E-state index in [2.05, 4.69) is 60.3 Å². The molecule has 2 N–H and O–H groups in total. The number of ether oxygens (including phenoxy) is 2. The highest BCUT2D eigenvalue weighted by atomic mass is 16.5. The van der Waals surface area contributed by atoms with Gasteiger partial charge in [-0.2, -0.15) is 0 Å². The molecule has 0 aliphatic carbocycles. The molecule has 9 heteroatoms. The first-order valence-electron chi connectivity index (χ1n) is 18.4. The zero-order valence-corrected chi connectivity index (χ0v) is 32.4. The standard InChI is InChI=1S/C46H48BN4O4/c1-7-33-8-12-37(13-9-33)45(52)48-39-20-28-43(29-21-39)54-41-24-16-35(17-25-41)36-18-26-42(27-19-36)55-44-30-22-40(23-31-44)49-46(53)38-14-10-34(11-15-38)32-51(5,6)47-50(2,3)4/h8-31H,7,32H2,1-6H3,(H,48,52)(H,49,53)/q+2. The Kier molecular flexibility index (Phi) is 11.8. The zero-order chi connectivity index (χ0) is 39.0. The van der Waals surface area contributed by atoms with E-state index < -0.39 is 0 Å². The summed E-state index contributed by atoms with van der Waals surface area (Å²) in [5, 5.41) is 5.91. The molecule has 0 aliphatic heterocycles. The molecule has 0 aliphatic rings. The van der Waals surface area contributed by atoms with Gasteiger partial charge in [-0.3, -0.25) is 9.59 Å². The quantitative estimate of drug-likeness (QED) is 0.109. The van der Waals surface area contributed by atoms with Crippen molar-refractivity contribution in [2.24, 2.45) is 0 Å². The van der Waals surface area contributed by atoms with E-state index in [1.165, 1.54) is 11.1 Å². The smallest absolute Gasteiger partial charge is 0.457 e. The number of quaternary nitrogens is 2. The monoisotopic (exact) mass is 731 g/mol. The molecule has 8 nitrogen and oxygen atoms in total. The highest BCUT2D eigenvalue weighted by molar-refractivity contribution is 6.16. The second kappa shape index (κ2) is 16.9. The second-order valence-corrected chi connectivity index (χ2v) is 15.1. The van der Waals surface area contributed by atoms with Crippen LogP contribution in [0.5, 0.6) is 23.0 Å². The van der Waals surface area contributed by atoms with Crippen LogP contribution in [0.1, 0.15) is 38.8 Å². The molecule has 1 radical (unpaired) electrons. The Balaban J connectivity index is 0.969. The second-order valence-electron chi connectivity index (χ2n) is 15.1. The average Bonchev–Trinajstić information content (AvgIpc) is 3.16. The molecule has 0 atom stereocenters. The minimum Gasteiger partial charge on any atom is -0.457 e. The first-order chi connectivity index (χ1) is 26.3. The van der Waals surface area contributed by atoms with Gasteiger partial charge >= 0.3 is 7.55 Å². The molecule has 277 valence electrons. The fourth-order valence-electron chi connectivity index (χ4n) is 6.42. The summed E-state index contributed by atoms with van der Waals surface area (Å²) >= 11 is 0. The maximum Gasteiger partial charge on any atom is 0.791 e. The Morgan fingerprint density at radius 1 is 0.491 bits per heavy atom. The van der Waals surface area contributed by atoms with Crippen molar-refractivity contribution in [2.75, 3.05) is 45.9 Å². The van der Waals surface area contributed by atoms with Crippen LogP contribution in [-0.2, 0) is 13.0 Å². The van der Waals surface area contributed by atoms with Crippen LogP contribution < -0.4 is 20.1 Å². The van der Waals surface area contributed by atoms with Crippen LogP contribution in [0.4, 0.5) is 11.4 Å². The van der Waals surface area contributed by atoms with Crippen LogP contribution in [0.2, 0.25) is 0 Å². The number of benzene rings is 6. The van der Waals surface area contributed by atoms with Crippen LogP contribution in [0.15, 0.2) is 146 Å². The maximum atomic E-state index is 12.9. The van der Waals surface area contributed by atoms with Crippen LogP contribution in [0, 0.1) is 0 Å². The third-order valence-electron chi connectivity index (χ3n) is 8.83. The van der Waals surface area contributed by atoms with Gasteiger partial charge in [-0.25, -0.2) is 0 Å². The summed E-state index contributed by atoms with van der Waals surface area (Å²) in [4.78, 5) is 25.6. The molecule has 0 saturated heterocycles. The summed E-state index contributed by atoms with van der Waals surface area (Å²) in [6.07, 6.45) is 0.935. The molecule has 6 rings (SSSR count). The first-order valence-corrected chi connectivity index (χ1v) is 18.4. The molecule has 0 aromatic heterocycles. The molecule has 6 aromatic rings. The summed E-state index contributed by atoms with van der Waals surface area (Å²) in [7, 11) is 13.0. The average molecular weight is 732 g/mol. The van der Waals surface area contributed by atoms with Gasteiger partial charge in [0.15, 0.2) is 0 Å². The van der Waals surface area contributed by atoms with Crippen LogP contribution >= 0.6 is 0 Å². The molecule has 0 heterocycles. The van der Waals surface area contributed by atoms with Crippen molar-refractivity contribution in [3.8, 4) is 34.1 Å². The number of anilines is 2. The lowest BCUT2D eigenvalue weighted by atomic mass is 9.97. The van der Waals surface area contributed by atoms with E-state index in [9.17, 15) is 9.59 Å². The normalized spacial score (nSPS) is 11.4. The van der Waals surface area contributed by atoms with Crippen molar-refractivity contribution in [1.82, 2.24) is 0 Å². The summed E-state index contributed by atoms with van der Waals surface area (Å²) in [5.41, 5.74) is 7.06. The zero-order valence-electron chi connectivity index (χ0n) is 32.4. The van der Waals surface area contributed by atoms with Crippen molar-refractivity contribution >= 4 is 30.7 Å². The Morgan fingerprint density at radius 2 is 0.836 bits per heavy atom. The van der Waals surface area contributed by atoms with E-state index in [4.69, 9.17) is 9.47 Å². The van der Waals surface area contributed by atoms with E-state index in [1.54, 1.807) is 0 Å². The van der Waals surface area contributed by atoms with E-state index in [0.29, 0.717) is 45.5 Å². The topological polar surface area (TPSA) is 76.7 Å². The van der Waals surface area contributed by atoms with Crippen molar-refractivity contribution in [1.29, 1.82) is 0 Å². The number of rotatable bonds is 14. The molecular formula is C46H48BN4O4+2. The molecule has 0 spiro atoms. The first kappa shape index (κ1) is 38.6. The SMILES string of the molecule is CCc1ccc(C(=O)Nc2ccc(Oc3ccc(-c4ccc(Oc5ccc(NC(=O)c6ccc(C[N+](C)(C)[B][N+](C)(C)C)cc6)cc5)cc4)cc3)cc2)cc1. The number of hydrogen-bond donors (Lipinski definition) is 2. The highest BCUT2D eigenvalue weighted by Gasteiger charge is 2.36. The number of aryl methyl sites for hydroxylation is 1. The lowest BCUT2D eigenvalue weighted by molar-refractivity contribution is -0.888. The number of amides is 2. The summed E-state index contributed by atoms with van der Waals surface area (Å²) < 4.78 is 13.6. The fraction of sp³-hybridized carbons (Fsp3) is 0.174. The van der Waals surface area contributed by atoms with Crippen LogP contribution in [0.25, 0.3) is 11.1 Å². The van der Waals surface area contributed by atoms with Gasteiger partial charge in [-0.15, -0.1) is 0 Å². The predicted octanol–water partition coefficient (Wildman–Crippen LogP) is 9.82. The summed E-state index contributed by atoms with van der Waals surface area (Å²) in [6, 6.07) is 45.8. The molecule has 55 heavy (non-hydrogen) atoms. The van der Waals surface area contributed by atoms with Gasteiger partial charge < -0.3 is 28.9 Å². The summed E-state index contributed by atoms with van der Waals surface area (Å²) in [5.74, 6) is 2.44. The van der Waals surface area contributed by atoms with E-state index in [0.717, 1.165) is 32.9 Å². The largest absolute Gasteiger partial charge is 0.791 e. The van der Waals surface area contributed by atoms with E-state index in [1.807, 2.05) is 146 Å². The van der Waals surface area contributed by atoms with Gasteiger partial charge in [0.2, 0.25) is 0 Å². The number of nitrogens with zero attached hydrogens (tertiary/aromatic N) is 2. The molecule has 0 unspecified atom stereocenters. The number of carbonyl (C=O) groups is 2. The van der Waals surface area contributed by atoms with Crippen molar-refractivity contribution < 1.29 is 27.9 Å². The predicted molar refractivity (Wildman–Crippen MR) is 223 cm³/mol. The number of carbonyl (C=O) groups excluding carboxylic acids is 2. The summed E-state index contributed by atoms with van der Waals surface area (Å²) in [6.45, 7) is 2.92. The van der Waals surface area contributed by atoms with E-state index >= 15 is 0 Å². The van der Waals surface area contributed by atoms with E-state index in [-0.39, 0.29) is 11.8 Å². The van der Waals surface area contributed by atoms with Crippen molar-refractivity contribution in [2.45, 2.75) is 19.9 Å². The van der Waals surface area contributed by atoms with Gasteiger partial charge in [0.25, 0.3) is 11.8 Å². The molecule has 2 amide bonds. The molecule has 6 aromatic carbocycles. The maximum absolute atomic E-state index is 12.9. The Labute approximate surface area is 325 Å². The number of hydrogen-bond acceptors (Lipinski definition) is 4. The lowest BCUT2D eigenvalue weighted by Crippen LogP contribution is -2.56. The van der Waals surface area contributed by atoms with Crippen molar-refractivity contribution in [3.63, 3.8) is 0 Å².